The highest BCUT2D eigenvalue weighted by atomic mass is 79.9. The summed E-state index contributed by atoms with van der Waals surface area (Å²) >= 11 is 3.63. The minimum atomic E-state index is -0.301. The Hall–Kier alpha value is -3.91. The van der Waals surface area contributed by atoms with Gasteiger partial charge in [-0.25, -0.2) is 9.78 Å². The Morgan fingerprint density at radius 3 is 2.64 bits per heavy atom. The number of aromatic amines is 1. The number of benzene rings is 2. The molecule has 3 N–H and O–H groups in total. The Balaban J connectivity index is 1.51. The van der Waals surface area contributed by atoms with Gasteiger partial charge < -0.3 is 15.6 Å². The summed E-state index contributed by atoms with van der Waals surface area (Å²) in [6, 6.07) is 18.7. The first-order valence-electron chi connectivity index (χ1n) is 10.6. The summed E-state index contributed by atoms with van der Waals surface area (Å²) in [5, 5.41) is 11.6. The third kappa shape index (κ3) is 4.25. The highest BCUT2D eigenvalue weighted by molar-refractivity contribution is 9.10. The van der Waals surface area contributed by atoms with Crippen LogP contribution in [0.4, 0.5) is 16.2 Å². The lowest BCUT2D eigenvalue weighted by atomic mass is 10.00. The summed E-state index contributed by atoms with van der Waals surface area (Å²) < 4.78 is 2.86. The zero-order valence-electron chi connectivity index (χ0n) is 17.8. The number of carbonyl (C=O) groups is 1. The molecule has 3 aromatic heterocycles. The Bertz CT molecular complexity index is 1440. The van der Waals surface area contributed by atoms with E-state index in [0.29, 0.717) is 5.69 Å². The second-order valence-electron chi connectivity index (χ2n) is 7.49. The topological polar surface area (TPSA) is 87.6 Å². The summed E-state index contributed by atoms with van der Waals surface area (Å²) in [5.74, 6) is 0. The molecule has 0 aliphatic carbocycles. The first kappa shape index (κ1) is 21.0. The van der Waals surface area contributed by atoms with E-state index in [0.717, 1.165) is 50.1 Å². The second kappa shape index (κ2) is 8.91. The number of urea groups is 1. The molecule has 0 saturated heterocycles. The van der Waals surface area contributed by atoms with Crippen molar-refractivity contribution >= 4 is 44.4 Å². The summed E-state index contributed by atoms with van der Waals surface area (Å²) in [5.41, 5.74) is 5.99. The molecule has 164 valence electrons. The van der Waals surface area contributed by atoms with Gasteiger partial charge in [0.15, 0.2) is 0 Å². The number of amides is 2. The predicted molar refractivity (Wildman–Crippen MR) is 135 cm³/mol. The molecule has 3 heterocycles. The largest absolute Gasteiger partial charge is 0.345 e. The van der Waals surface area contributed by atoms with Crippen LogP contribution in [-0.2, 0) is 6.54 Å². The zero-order valence-corrected chi connectivity index (χ0v) is 19.4. The molecule has 2 aromatic carbocycles. The Morgan fingerprint density at radius 1 is 1.03 bits per heavy atom. The summed E-state index contributed by atoms with van der Waals surface area (Å²) in [6.07, 6.45) is 5.73. The van der Waals surface area contributed by atoms with E-state index in [9.17, 15) is 4.79 Å². The zero-order chi connectivity index (χ0) is 22.8. The van der Waals surface area contributed by atoms with Gasteiger partial charge in [0.25, 0.3) is 0 Å². The molecule has 0 radical (unpaired) electrons. The van der Waals surface area contributed by atoms with Gasteiger partial charge in [-0.05, 0) is 58.7 Å². The Labute approximate surface area is 199 Å². The van der Waals surface area contributed by atoms with Crippen LogP contribution in [-0.4, -0.2) is 25.8 Å². The van der Waals surface area contributed by atoms with Crippen molar-refractivity contribution in [1.29, 1.82) is 0 Å². The van der Waals surface area contributed by atoms with Crippen LogP contribution in [0.25, 0.3) is 33.4 Å². The Morgan fingerprint density at radius 2 is 1.82 bits per heavy atom. The van der Waals surface area contributed by atoms with Crippen LogP contribution < -0.4 is 10.6 Å². The van der Waals surface area contributed by atoms with E-state index in [2.05, 4.69) is 43.5 Å². The fraction of sp³-hybridized carbons (Fsp3) is 0.0800. The number of nitrogens with one attached hydrogen (secondary N) is 3. The van der Waals surface area contributed by atoms with E-state index in [-0.39, 0.29) is 6.03 Å². The van der Waals surface area contributed by atoms with Crippen LogP contribution in [0, 0.1) is 0 Å². The summed E-state index contributed by atoms with van der Waals surface area (Å²) in [6.45, 7) is 2.80. The van der Waals surface area contributed by atoms with E-state index in [1.54, 1.807) is 6.20 Å². The molecular weight excluding hydrogens is 480 g/mol. The van der Waals surface area contributed by atoms with Crippen molar-refractivity contribution in [3.63, 3.8) is 0 Å². The van der Waals surface area contributed by atoms with Crippen LogP contribution in [0.5, 0.6) is 0 Å². The number of H-pyrrole nitrogens is 1. The van der Waals surface area contributed by atoms with Crippen molar-refractivity contribution in [2.75, 3.05) is 10.6 Å². The number of hydrogen-bond acceptors (Lipinski definition) is 3. The van der Waals surface area contributed by atoms with Gasteiger partial charge in [-0.1, -0.05) is 30.3 Å². The first-order chi connectivity index (χ1) is 16.1. The van der Waals surface area contributed by atoms with Crippen LogP contribution in [0.2, 0.25) is 0 Å². The number of anilines is 2. The number of rotatable bonds is 5. The minimum absolute atomic E-state index is 0.301. The molecule has 7 nitrogen and oxygen atoms in total. The molecule has 0 bridgehead atoms. The number of pyridine rings is 1. The molecular formula is C25H21BrN6O. The maximum Gasteiger partial charge on any atom is 0.323 e. The number of aryl methyl sites for hydroxylation is 1. The molecule has 33 heavy (non-hydrogen) atoms. The lowest BCUT2D eigenvalue weighted by Crippen LogP contribution is -2.19. The number of aromatic nitrogens is 4. The molecule has 5 rings (SSSR count). The molecule has 0 atom stereocenters. The average molecular weight is 501 g/mol. The van der Waals surface area contributed by atoms with E-state index in [1.807, 2.05) is 77.7 Å². The molecule has 0 spiro atoms. The second-order valence-corrected chi connectivity index (χ2v) is 8.35. The van der Waals surface area contributed by atoms with Crippen molar-refractivity contribution in [3.05, 3.63) is 83.7 Å². The summed E-state index contributed by atoms with van der Waals surface area (Å²) in [4.78, 5) is 20.1. The molecule has 0 aliphatic heterocycles. The number of fused-ring (bicyclic) bond motifs is 1. The fourth-order valence-electron chi connectivity index (χ4n) is 3.79. The maximum atomic E-state index is 12.5. The minimum Gasteiger partial charge on any atom is -0.345 e. The van der Waals surface area contributed by atoms with Crippen molar-refractivity contribution in [1.82, 2.24) is 19.7 Å². The maximum absolute atomic E-state index is 12.5. The van der Waals surface area contributed by atoms with E-state index in [1.165, 1.54) is 0 Å². The highest BCUT2D eigenvalue weighted by Gasteiger charge is 2.18. The molecule has 2 amide bonds. The van der Waals surface area contributed by atoms with Crippen LogP contribution in [0.15, 0.2) is 83.7 Å². The van der Waals surface area contributed by atoms with Crippen molar-refractivity contribution < 1.29 is 4.79 Å². The number of carbonyl (C=O) groups excluding carboxylic acids is 1. The van der Waals surface area contributed by atoms with Gasteiger partial charge in [0.2, 0.25) is 0 Å². The Kier molecular flexibility index (Phi) is 5.66. The van der Waals surface area contributed by atoms with Gasteiger partial charge in [-0.2, -0.15) is 5.10 Å². The van der Waals surface area contributed by atoms with Gasteiger partial charge in [0, 0.05) is 57.5 Å². The number of halogens is 1. The van der Waals surface area contributed by atoms with Crippen LogP contribution in [0.3, 0.4) is 0 Å². The molecule has 5 aromatic rings. The lowest BCUT2D eigenvalue weighted by molar-refractivity contribution is 0.262. The standard InChI is InChI=1S/C25H21BrN6O/c1-2-32-15-20(19-11-12-27-24-22(19)21(26)14-28-24)23(31-32)16-7-6-10-18(13-16)30-25(33)29-17-8-4-3-5-9-17/h3-15H,2H2,1H3,(H,27,28)(H2,29,30,33). The predicted octanol–water partition coefficient (Wildman–Crippen LogP) is 6.52. The number of nitrogens with zero attached hydrogens (tertiary/aromatic N) is 3. The van der Waals surface area contributed by atoms with Crippen LogP contribution >= 0.6 is 15.9 Å². The van der Waals surface area contributed by atoms with Gasteiger partial charge in [0.1, 0.15) is 11.3 Å². The van der Waals surface area contributed by atoms with E-state index < -0.39 is 0 Å². The SMILES string of the molecule is CCn1cc(-c2ccnc3[nH]cc(Br)c23)c(-c2cccc(NC(=O)Nc3ccccc3)c2)n1. The van der Waals surface area contributed by atoms with E-state index in [4.69, 9.17) is 5.10 Å². The number of para-hydroxylation sites is 1. The smallest absolute Gasteiger partial charge is 0.323 e. The molecule has 8 heteroatoms. The number of hydrogen-bond donors (Lipinski definition) is 3. The monoisotopic (exact) mass is 500 g/mol. The van der Waals surface area contributed by atoms with Crippen LogP contribution in [0.1, 0.15) is 6.92 Å². The summed E-state index contributed by atoms with van der Waals surface area (Å²) in [7, 11) is 0. The van der Waals surface area contributed by atoms with Gasteiger partial charge in [-0.15, -0.1) is 0 Å². The highest BCUT2D eigenvalue weighted by Crippen LogP contribution is 2.38. The van der Waals surface area contributed by atoms with Crippen molar-refractivity contribution in [2.24, 2.45) is 0 Å². The molecule has 0 aliphatic rings. The van der Waals surface area contributed by atoms with Crippen molar-refractivity contribution in [2.45, 2.75) is 13.5 Å². The van der Waals surface area contributed by atoms with Crippen molar-refractivity contribution in [3.8, 4) is 22.4 Å². The fourth-order valence-corrected chi connectivity index (χ4v) is 4.31. The molecule has 0 saturated carbocycles. The normalized spacial score (nSPS) is 11.0. The van der Waals surface area contributed by atoms with Gasteiger partial charge in [-0.3, -0.25) is 4.68 Å². The molecule has 0 unspecified atom stereocenters. The molecule has 0 fully saturated rings. The first-order valence-corrected chi connectivity index (χ1v) is 11.3. The lowest BCUT2D eigenvalue weighted by Gasteiger charge is -2.09. The average Bonchev–Trinajstić information content (AvgIpc) is 3.44. The van der Waals surface area contributed by atoms with Gasteiger partial charge in [0.05, 0.1) is 0 Å². The third-order valence-electron chi connectivity index (χ3n) is 5.33. The quantitative estimate of drug-likeness (QED) is 0.256. The van der Waals surface area contributed by atoms with Gasteiger partial charge >= 0.3 is 6.03 Å². The van der Waals surface area contributed by atoms with E-state index >= 15 is 0 Å². The third-order valence-corrected chi connectivity index (χ3v) is 5.95.